The molecule has 0 atom stereocenters. The molecule has 1 N–H and O–H groups in total. The maximum absolute atomic E-state index is 10.3. The number of aromatic hydroxyl groups is 1. The number of nitrogens with zero attached hydrogens (tertiary/aromatic N) is 1. The average Bonchev–Trinajstić information content (AvgIpc) is 2.61. The molecule has 0 unspecified atom stereocenters. The third kappa shape index (κ3) is 3.33. The van der Waals surface area contributed by atoms with E-state index in [1.165, 1.54) is 7.11 Å². The van der Waals surface area contributed by atoms with E-state index in [0.29, 0.717) is 5.75 Å². The molecule has 0 radical (unpaired) electrons. The second kappa shape index (κ2) is 6.67. The Hall–Kier alpha value is -3.25. The average molecular weight is 301 g/mol. The summed E-state index contributed by atoms with van der Waals surface area (Å²) in [5.74, 6) is 6.82. The lowest BCUT2D eigenvalue weighted by Gasteiger charge is -2.09. The standard InChI is InChI=1S/C20H15NO2/c1-23-19-7-3-6-18(20(19)22)17-5-2-4-16(14-17)9-8-15-10-12-21-13-11-15/h2-7,10-14,22H,1H3. The Morgan fingerprint density at radius 1 is 0.913 bits per heavy atom. The summed E-state index contributed by atoms with van der Waals surface area (Å²) in [4.78, 5) is 3.97. The minimum atomic E-state index is 0.134. The Morgan fingerprint density at radius 2 is 1.65 bits per heavy atom. The van der Waals surface area contributed by atoms with E-state index in [2.05, 4.69) is 16.8 Å². The minimum Gasteiger partial charge on any atom is -0.504 e. The lowest BCUT2D eigenvalue weighted by Crippen LogP contribution is -1.87. The van der Waals surface area contributed by atoms with Crippen LogP contribution in [0.5, 0.6) is 11.5 Å². The van der Waals surface area contributed by atoms with E-state index in [-0.39, 0.29) is 5.75 Å². The molecule has 3 nitrogen and oxygen atoms in total. The molecule has 0 fully saturated rings. The maximum atomic E-state index is 10.3. The highest BCUT2D eigenvalue weighted by molar-refractivity contribution is 5.74. The first-order valence-corrected chi connectivity index (χ1v) is 7.16. The van der Waals surface area contributed by atoms with Crippen LogP contribution in [0.3, 0.4) is 0 Å². The van der Waals surface area contributed by atoms with Crippen LogP contribution in [0.25, 0.3) is 11.1 Å². The summed E-state index contributed by atoms with van der Waals surface area (Å²) in [6, 6.07) is 16.9. The molecule has 0 spiro atoms. The number of methoxy groups -OCH3 is 1. The van der Waals surface area contributed by atoms with Gasteiger partial charge in [0, 0.05) is 29.1 Å². The van der Waals surface area contributed by atoms with Gasteiger partial charge in [-0.05, 0) is 35.9 Å². The van der Waals surface area contributed by atoms with Crippen molar-refractivity contribution < 1.29 is 9.84 Å². The number of phenolic OH excluding ortho intramolecular Hbond substituents is 1. The van der Waals surface area contributed by atoms with Crippen LogP contribution in [0, 0.1) is 11.8 Å². The fourth-order valence-corrected chi connectivity index (χ4v) is 2.26. The zero-order valence-corrected chi connectivity index (χ0v) is 12.7. The Morgan fingerprint density at radius 3 is 2.43 bits per heavy atom. The van der Waals surface area contributed by atoms with Gasteiger partial charge >= 0.3 is 0 Å². The molecule has 0 amide bonds. The lowest BCUT2D eigenvalue weighted by atomic mass is 10.0. The van der Waals surface area contributed by atoms with Gasteiger partial charge in [0.05, 0.1) is 7.11 Å². The van der Waals surface area contributed by atoms with Crippen LogP contribution in [0.4, 0.5) is 0 Å². The summed E-state index contributed by atoms with van der Waals surface area (Å²) < 4.78 is 5.16. The number of rotatable bonds is 2. The van der Waals surface area contributed by atoms with Crippen molar-refractivity contribution in [2.24, 2.45) is 0 Å². The third-order valence-corrected chi connectivity index (χ3v) is 3.42. The van der Waals surface area contributed by atoms with Gasteiger partial charge in [-0.25, -0.2) is 0 Å². The Labute approximate surface area is 135 Å². The van der Waals surface area contributed by atoms with Crippen LogP contribution in [0.1, 0.15) is 11.1 Å². The van der Waals surface area contributed by atoms with E-state index in [9.17, 15) is 5.11 Å². The van der Waals surface area contributed by atoms with Crippen LogP contribution in [-0.2, 0) is 0 Å². The number of hydrogen-bond donors (Lipinski definition) is 1. The normalized spacial score (nSPS) is 9.78. The van der Waals surface area contributed by atoms with Crippen molar-refractivity contribution in [2.75, 3.05) is 7.11 Å². The molecule has 3 rings (SSSR count). The molecule has 23 heavy (non-hydrogen) atoms. The monoisotopic (exact) mass is 301 g/mol. The van der Waals surface area contributed by atoms with Gasteiger partial charge in [-0.2, -0.15) is 0 Å². The van der Waals surface area contributed by atoms with Crippen molar-refractivity contribution in [3.8, 4) is 34.5 Å². The molecule has 3 heteroatoms. The van der Waals surface area contributed by atoms with E-state index in [4.69, 9.17) is 4.74 Å². The van der Waals surface area contributed by atoms with Gasteiger partial charge in [-0.1, -0.05) is 36.1 Å². The Bertz CT molecular complexity index is 877. The second-order valence-electron chi connectivity index (χ2n) is 4.92. The van der Waals surface area contributed by atoms with Crippen LogP contribution < -0.4 is 4.74 Å². The molecule has 0 aliphatic rings. The van der Waals surface area contributed by atoms with Crippen LogP contribution >= 0.6 is 0 Å². The van der Waals surface area contributed by atoms with E-state index >= 15 is 0 Å². The molecule has 3 aromatic rings. The molecular weight excluding hydrogens is 286 g/mol. The fraction of sp³-hybridized carbons (Fsp3) is 0.0500. The Balaban J connectivity index is 1.97. The van der Waals surface area contributed by atoms with Crippen molar-refractivity contribution in [3.05, 3.63) is 78.1 Å². The molecule has 1 aromatic heterocycles. The smallest absolute Gasteiger partial charge is 0.165 e. The van der Waals surface area contributed by atoms with Crippen molar-refractivity contribution in [3.63, 3.8) is 0 Å². The van der Waals surface area contributed by atoms with Crippen LogP contribution in [0.2, 0.25) is 0 Å². The summed E-state index contributed by atoms with van der Waals surface area (Å²) in [6.07, 6.45) is 3.43. The lowest BCUT2D eigenvalue weighted by molar-refractivity contribution is 0.374. The number of para-hydroxylation sites is 1. The Kier molecular flexibility index (Phi) is 4.26. The summed E-state index contributed by atoms with van der Waals surface area (Å²) in [5, 5.41) is 10.3. The van der Waals surface area contributed by atoms with Crippen molar-refractivity contribution in [1.29, 1.82) is 0 Å². The van der Waals surface area contributed by atoms with Crippen molar-refractivity contribution in [2.45, 2.75) is 0 Å². The first-order valence-electron chi connectivity index (χ1n) is 7.16. The minimum absolute atomic E-state index is 0.134. The molecule has 0 aliphatic carbocycles. The molecule has 2 aromatic carbocycles. The number of pyridine rings is 1. The highest BCUT2D eigenvalue weighted by Crippen LogP contribution is 2.36. The quantitative estimate of drug-likeness (QED) is 0.731. The third-order valence-electron chi connectivity index (χ3n) is 3.42. The number of hydrogen-bond acceptors (Lipinski definition) is 3. The van der Waals surface area contributed by atoms with Gasteiger partial charge in [-0.15, -0.1) is 0 Å². The van der Waals surface area contributed by atoms with E-state index < -0.39 is 0 Å². The molecule has 0 bridgehead atoms. The topological polar surface area (TPSA) is 42.4 Å². The van der Waals surface area contributed by atoms with Crippen LogP contribution in [0.15, 0.2) is 67.0 Å². The first-order chi connectivity index (χ1) is 11.3. The number of ether oxygens (including phenoxy) is 1. The maximum Gasteiger partial charge on any atom is 0.165 e. The van der Waals surface area contributed by atoms with Gasteiger partial charge < -0.3 is 9.84 Å². The highest BCUT2D eigenvalue weighted by Gasteiger charge is 2.09. The summed E-state index contributed by atoms with van der Waals surface area (Å²) in [5.41, 5.74) is 3.40. The van der Waals surface area contributed by atoms with Crippen molar-refractivity contribution in [1.82, 2.24) is 4.98 Å². The zero-order chi connectivity index (χ0) is 16.1. The van der Waals surface area contributed by atoms with E-state index in [1.54, 1.807) is 18.5 Å². The predicted octanol–water partition coefficient (Wildman–Crippen LogP) is 3.86. The molecule has 112 valence electrons. The van der Waals surface area contributed by atoms with Gasteiger partial charge in [0.1, 0.15) is 0 Å². The number of benzene rings is 2. The first kappa shape index (κ1) is 14.7. The van der Waals surface area contributed by atoms with Gasteiger partial charge in [-0.3, -0.25) is 4.98 Å². The van der Waals surface area contributed by atoms with Crippen LogP contribution in [-0.4, -0.2) is 17.2 Å². The van der Waals surface area contributed by atoms with Crippen molar-refractivity contribution >= 4 is 0 Å². The summed E-state index contributed by atoms with van der Waals surface area (Å²) in [7, 11) is 1.54. The largest absolute Gasteiger partial charge is 0.504 e. The number of aromatic nitrogens is 1. The molecule has 0 aliphatic heterocycles. The van der Waals surface area contributed by atoms with E-state index in [1.807, 2.05) is 48.5 Å². The predicted molar refractivity (Wildman–Crippen MR) is 90.3 cm³/mol. The molecule has 1 heterocycles. The molecular formula is C20H15NO2. The van der Waals surface area contributed by atoms with Gasteiger partial charge in [0.25, 0.3) is 0 Å². The summed E-state index contributed by atoms with van der Waals surface area (Å²) in [6.45, 7) is 0. The second-order valence-corrected chi connectivity index (χ2v) is 4.92. The van der Waals surface area contributed by atoms with Gasteiger partial charge in [0.15, 0.2) is 11.5 Å². The fourth-order valence-electron chi connectivity index (χ4n) is 2.26. The molecule has 0 saturated carbocycles. The highest BCUT2D eigenvalue weighted by atomic mass is 16.5. The van der Waals surface area contributed by atoms with Gasteiger partial charge in [0.2, 0.25) is 0 Å². The SMILES string of the molecule is COc1cccc(-c2cccc(C#Cc3ccncc3)c2)c1O. The zero-order valence-electron chi connectivity index (χ0n) is 12.7. The molecule has 0 saturated heterocycles. The number of phenols is 1. The summed E-state index contributed by atoms with van der Waals surface area (Å²) >= 11 is 0. The van der Waals surface area contributed by atoms with E-state index in [0.717, 1.165) is 22.3 Å².